The molecule has 2 nitrogen and oxygen atoms in total. The third-order valence-corrected chi connectivity index (χ3v) is 3.86. The molecule has 19 heavy (non-hydrogen) atoms. The zero-order valence-corrected chi connectivity index (χ0v) is 13.0. The van der Waals surface area contributed by atoms with Crippen LogP contribution in [0.4, 0.5) is 0 Å². The van der Waals surface area contributed by atoms with E-state index in [0.717, 1.165) is 0 Å². The molecule has 102 valence electrons. The summed E-state index contributed by atoms with van der Waals surface area (Å²) in [5, 5.41) is 1.56. The maximum absolute atomic E-state index is 5.91. The summed E-state index contributed by atoms with van der Waals surface area (Å²) in [6, 6.07) is 6.35. The first kappa shape index (κ1) is 15.1. The molecule has 3 rings (SSSR count). The first-order valence-electron chi connectivity index (χ1n) is 4.88. The Hall–Kier alpha value is -0.306. The van der Waals surface area contributed by atoms with Crippen LogP contribution >= 0.6 is 46.4 Å². The predicted octanol–water partition coefficient (Wildman–Crippen LogP) is 6.20. The van der Waals surface area contributed by atoms with Crippen molar-refractivity contribution < 1.29 is 26.0 Å². The normalized spacial score (nSPS) is 11.6. The molecule has 1 aliphatic heterocycles. The van der Waals surface area contributed by atoms with Crippen LogP contribution in [-0.4, -0.2) is 0 Å². The Bertz CT molecular complexity index is 549. The number of halogens is 4. The smallest absolute Gasteiger partial charge is 0.171 e. The molecule has 1 aliphatic rings. The van der Waals surface area contributed by atoms with Crippen LogP contribution in [0.1, 0.15) is 0 Å². The minimum atomic E-state index is 0. The van der Waals surface area contributed by atoms with E-state index in [4.69, 9.17) is 55.9 Å². The van der Waals surface area contributed by atoms with E-state index in [1.54, 1.807) is 24.3 Å². The largest absolute Gasteiger partial charge is 0.449 e. The summed E-state index contributed by atoms with van der Waals surface area (Å²) in [7, 11) is 0. The van der Waals surface area contributed by atoms with Gasteiger partial charge in [0.05, 0.1) is 20.1 Å². The van der Waals surface area contributed by atoms with Crippen molar-refractivity contribution in [1.82, 2.24) is 0 Å². The van der Waals surface area contributed by atoms with E-state index < -0.39 is 0 Å². The van der Waals surface area contributed by atoms with Gasteiger partial charge in [0, 0.05) is 40.8 Å². The van der Waals surface area contributed by atoms with Crippen LogP contribution < -0.4 is 9.47 Å². The van der Waals surface area contributed by atoms with Gasteiger partial charge in [0.1, 0.15) is 0 Å². The van der Waals surface area contributed by atoms with Gasteiger partial charge < -0.3 is 9.47 Å². The summed E-state index contributed by atoms with van der Waals surface area (Å²) < 4.78 is 11.3. The van der Waals surface area contributed by atoms with Gasteiger partial charge in [-0.15, -0.1) is 0 Å². The van der Waals surface area contributed by atoms with Crippen molar-refractivity contribution in [3.8, 4) is 23.0 Å². The van der Waals surface area contributed by atoms with Gasteiger partial charge in [-0.2, -0.15) is 0 Å². The van der Waals surface area contributed by atoms with Crippen molar-refractivity contribution in [3.05, 3.63) is 44.4 Å². The molecule has 0 radical (unpaired) electrons. The molecule has 0 N–H and O–H groups in total. The molecule has 2 aromatic carbocycles. The zero-order valence-electron chi connectivity index (χ0n) is 8.95. The average Bonchev–Trinajstić information content (AvgIpc) is 2.31. The van der Waals surface area contributed by atoms with Gasteiger partial charge in [-0.1, -0.05) is 46.4 Å². The summed E-state index contributed by atoms with van der Waals surface area (Å²) in [5.41, 5.74) is 0. The quantitative estimate of drug-likeness (QED) is 0.433. The van der Waals surface area contributed by atoms with Crippen molar-refractivity contribution >= 4 is 46.4 Å². The maximum Gasteiger partial charge on any atom is 0.171 e. The number of hydrogen-bond donors (Lipinski definition) is 0. The van der Waals surface area contributed by atoms with Crippen LogP contribution in [-0.2, 0) is 16.5 Å². The third kappa shape index (κ3) is 2.77. The van der Waals surface area contributed by atoms with E-state index in [0.29, 0.717) is 43.1 Å². The Kier molecular flexibility index (Phi) is 4.44. The van der Waals surface area contributed by atoms with Crippen molar-refractivity contribution in [1.29, 1.82) is 0 Å². The fraction of sp³-hybridized carbons (Fsp3) is 0. The molecule has 0 saturated carbocycles. The molecular weight excluding hydrogens is 377 g/mol. The Morgan fingerprint density at radius 3 is 0.947 bits per heavy atom. The van der Waals surface area contributed by atoms with E-state index in [1.807, 2.05) is 0 Å². The van der Waals surface area contributed by atoms with Gasteiger partial charge in [-0.05, 0) is 0 Å². The summed E-state index contributed by atoms with van der Waals surface area (Å²) in [5.74, 6) is 1.93. The van der Waals surface area contributed by atoms with Crippen LogP contribution in [0.3, 0.4) is 0 Å². The van der Waals surface area contributed by atoms with E-state index in [-0.39, 0.29) is 16.5 Å². The molecule has 0 bridgehead atoms. The van der Waals surface area contributed by atoms with Crippen molar-refractivity contribution in [2.45, 2.75) is 0 Å². The van der Waals surface area contributed by atoms with Crippen molar-refractivity contribution in [2.24, 2.45) is 0 Å². The number of rotatable bonds is 0. The number of benzene rings is 2. The SMILES string of the molecule is Clc1cc2c(cc1Cl)Oc1cc(Cl)c(Cl)cc1O2.[Ni]. The molecule has 1 heterocycles. The molecule has 0 amide bonds. The van der Waals surface area contributed by atoms with Gasteiger partial charge in [-0.3, -0.25) is 0 Å². The molecule has 0 fully saturated rings. The Labute approximate surface area is 139 Å². The van der Waals surface area contributed by atoms with E-state index in [1.165, 1.54) is 0 Å². The number of fused-ring (bicyclic) bond motifs is 2. The van der Waals surface area contributed by atoms with Gasteiger partial charge in [0.25, 0.3) is 0 Å². The van der Waals surface area contributed by atoms with Crippen LogP contribution in [0.5, 0.6) is 23.0 Å². The summed E-state index contributed by atoms with van der Waals surface area (Å²) in [6.45, 7) is 0. The average molecular weight is 381 g/mol. The molecule has 7 heteroatoms. The fourth-order valence-corrected chi connectivity index (χ4v) is 2.19. The number of hydrogen-bond acceptors (Lipinski definition) is 2. The second-order valence-corrected chi connectivity index (χ2v) is 5.26. The van der Waals surface area contributed by atoms with Crippen LogP contribution in [0, 0.1) is 0 Å². The van der Waals surface area contributed by atoms with Gasteiger partial charge in [-0.25, -0.2) is 0 Å². The molecular formula is C12H4Cl4NiO2. The fourth-order valence-electron chi connectivity index (χ4n) is 1.58. The zero-order chi connectivity index (χ0) is 12.9. The summed E-state index contributed by atoms with van der Waals surface area (Å²) in [6.07, 6.45) is 0. The van der Waals surface area contributed by atoms with Crippen molar-refractivity contribution in [2.75, 3.05) is 0 Å². The van der Waals surface area contributed by atoms with Gasteiger partial charge >= 0.3 is 0 Å². The standard InChI is InChI=1S/C12H4Cl4O2.Ni/c13-5-1-9-10(2-6(5)14)18-12-4-8(16)7(15)3-11(12)17-9;/h1-4H;. The first-order chi connectivity index (χ1) is 8.54. The van der Waals surface area contributed by atoms with Crippen LogP contribution in [0.15, 0.2) is 24.3 Å². The van der Waals surface area contributed by atoms with Gasteiger partial charge in [0.15, 0.2) is 23.0 Å². The molecule has 0 unspecified atom stereocenters. The Balaban J connectivity index is 0.00000133. The molecule has 2 aromatic rings. The van der Waals surface area contributed by atoms with Crippen LogP contribution in [0.25, 0.3) is 0 Å². The predicted molar refractivity (Wildman–Crippen MR) is 73.1 cm³/mol. The maximum atomic E-state index is 5.91. The molecule has 0 saturated heterocycles. The topological polar surface area (TPSA) is 18.5 Å². The minimum absolute atomic E-state index is 0. The Morgan fingerprint density at radius 2 is 0.737 bits per heavy atom. The number of ether oxygens (including phenoxy) is 2. The van der Waals surface area contributed by atoms with E-state index >= 15 is 0 Å². The van der Waals surface area contributed by atoms with E-state index in [2.05, 4.69) is 0 Å². The van der Waals surface area contributed by atoms with Crippen LogP contribution in [0.2, 0.25) is 20.1 Å². The van der Waals surface area contributed by atoms with Crippen molar-refractivity contribution in [3.63, 3.8) is 0 Å². The summed E-state index contributed by atoms with van der Waals surface area (Å²) >= 11 is 23.7. The molecule has 0 atom stereocenters. The first-order valence-corrected chi connectivity index (χ1v) is 6.39. The molecule has 0 spiro atoms. The van der Waals surface area contributed by atoms with E-state index in [9.17, 15) is 0 Å². The molecule has 0 aromatic heterocycles. The second-order valence-electron chi connectivity index (χ2n) is 3.63. The van der Waals surface area contributed by atoms with Gasteiger partial charge in [0.2, 0.25) is 0 Å². The Morgan fingerprint density at radius 1 is 0.526 bits per heavy atom. The second kappa shape index (κ2) is 5.59. The summed E-state index contributed by atoms with van der Waals surface area (Å²) in [4.78, 5) is 0. The molecule has 0 aliphatic carbocycles. The minimum Gasteiger partial charge on any atom is -0.449 e. The third-order valence-electron chi connectivity index (χ3n) is 2.41. The monoisotopic (exact) mass is 378 g/mol.